The fraction of sp³-hybridized carbons (Fsp3) is 0. The lowest BCUT2D eigenvalue weighted by molar-refractivity contribution is 0.477. The van der Waals surface area contributed by atoms with E-state index in [2.05, 4.69) is 150 Å². The molecule has 3 aromatic heterocycles. The SMILES string of the molecule is Oc1ccccc1-c1nc2c(-c3cc(-c4ccccc4)cc(-c4nccc5oc6ccc7ccccc7c6c45)c3)cccc2n1-c1ccccc1-c1ccccc1. The fourth-order valence-corrected chi connectivity index (χ4v) is 8.37. The minimum atomic E-state index is 0.167. The number of hydrogen-bond donors (Lipinski definition) is 1. The highest BCUT2D eigenvalue weighted by Gasteiger charge is 2.23. The van der Waals surface area contributed by atoms with Gasteiger partial charge >= 0.3 is 0 Å². The van der Waals surface area contributed by atoms with E-state index in [1.165, 1.54) is 0 Å². The first-order chi connectivity index (χ1) is 28.2. The number of para-hydroxylation sites is 3. The molecule has 0 fully saturated rings. The number of furan rings is 1. The third-order valence-corrected chi connectivity index (χ3v) is 11.0. The van der Waals surface area contributed by atoms with Gasteiger partial charge in [0.1, 0.15) is 22.7 Å². The summed E-state index contributed by atoms with van der Waals surface area (Å²) in [4.78, 5) is 10.5. The quantitative estimate of drug-likeness (QED) is 0.185. The first-order valence-electron chi connectivity index (χ1n) is 19.0. The number of aromatic nitrogens is 3. The van der Waals surface area contributed by atoms with Crippen LogP contribution in [0.15, 0.2) is 199 Å². The molecule has 0 aliphatic rings. The monoisotopic (exact) mass is 731 g/mol. The number of nitrogens with zero attached hydrogens (tertiary/aromatic N) is 3. The van der Waals surface area contributed by atoms with Crippen LogP contribution in [-0.2, 0) is 0 Å². The molecule has 3 heterocycles. The number of imidazole rings is 1. The standard InChI is InChI=1S/C52H33N3O2/c56-45-25-12-10-21-42(45)52-54-51-41(22-13-24-44(51)55(52)43-23-11-9-19-39(43)34-16-5-2-6-17-34)37-30-36(33-14-3-1-4-15-33)31-38(32-37)50-49-47(28-29-53-50)57-46-27-26-35-18-7-8-20-40(35)48(46)49/h1-32,56H. The Balaban J connectivity index is 1.20. The van der Waals surface area contributed by atoms with E-state index in [-0.39, 0.29) is 5.75 Å². The number of pyridine rings is 1. The van der Waals surface area contributed by atoms with E-state index < -0.39 is 0 Å². The second-order valence-corrected chi connectivity index (χ2v) is 14.3. The number of benzene rings is 8. The van der Waals surface area contributed by atoms with Crippen LogP contribution < -0.4 is 0 Å². The molecule has 0 amide bonds. The first kappa shape index (κ1) is 32.7. The summed E-state index contributed by atoms with van der Waals surface area (Å²) in [5, 5.41) is 15.6. The van der Waals surface area contributed by atoms with Crippen molar-refractivity contribution >= 4 is 43.7 Å². The third kappa shape index (κ3) is 5.40. The summed E-state index contributed by atoms with van der Waals surface area (Å²) in [6, 6.07) is 64.3. The molecule has 0 bridgehead atoms. The predicted molar refractivity (Wildman–Crippen MR) is 232 cm³/mol. The molecule has 0 saturated carbocycles. The van der Waals surface area contributed by atoms with Gasteiger partial charge in [-0.1, -0.05) is 133 Å². The van der Waals surface area contributed by atoms with Crippen molar-refractivity contribution < 1.29 is 9.52 Å². The minimum absolute atomic E-state index is 0.167. The van der Waals surface area contributed by atoms with Gasteiger partial charge in [-0.05, 0) is 87.6 Å². The average molecular weight is 732 g/mol. The van der Waals surface area contributed by atoms with Gasteiger partial charge in [0.05, 0.1) is 33.4 Å². The Labute approximate surface area is 328 Å². The van der Waals surface area contributed by atoms with Crippen molar-refractivity contribution in [3.63, 3.8) is 0 Å². The average Bonchev–Trinajstić information content (AvgIpc) is 3.86. The molecule has 0 aliphatic carbocycles. The number of hydrogen-bond acceptors (Lipinski definition) is 4. The van der Waals surface area contributed by atoms with E-state index in [0.717, 1.165) is 94.1 Å². The normalized spacial score (nSPS) is 11.6. The Morgan fingerprint density at radius 2 is 1.14 bits per heavy atom. The lowest BCUT2D eigenvalue weighted by atomic mass is 9.93. The number of aromatic hydroxyl groups is 1. The van der Waals surface area contributed by atoms with Gasteiger partial charge < -0.3 is 9.52 Å². The number of fused-ring (bicyclic) bond motifs is 6. The largest absolute Gasteiger partial charge is 0.507 e. The number of phenols is 1. The molecular formula is C52H33N3O2. The Bertz CT molecular complexity index is 3310. The highest BCUT2D eigenvalue weighted by molar-refractivity contribution is 6.22. The van der Waals surface area contributed by atoms with Crippen molar-refractivity contribution in [2.75, 3.05) is 0 Å². The van der Waals surface area contributed by atoms with Crippen LogP contribution in [0.4, 0.5) is 0 Å². The van der Waals surface area contributed by atoms with Gasteiger partial charge in [0.15, 0.2) is 0 Å². The zero-order chi connectivity index (χ0) is 37.9. The van der Waals surface area contributed by atoms with Crippen LogP contribution in [-0.4, -0.2) is 19.6 Å². The van der Waals surface area contributed by atoms with E-state index in [1.807, 2.05) is 42.6 Å². The summed E-state index contributed by atoms with van der Waals surface area (Å²) in [6.45, 7) is 0. The smallest absolute Gasteiger partial charge is 0.149 e. The van der Waals surface area contributed by atoms with E-state index in [4.69, 9.17) is 14.4 Å². The highest BCUT2D eigenvalue weighted by atomic mass is 16.3. The van der Waals surface area contributed by atoms with Crippen LogP contribution >= 0.6 is 0 Å². The van der Waals surface area contributed by atoms with Crippen molar-refractivity contribution in [3.05, 3.63) is 194 Å². The predicted octanol–water partition coefficient (Wildman–Crippen LogP) is 13.5. The summed E-state index contributed by atoms with van der Waals surface area (Å²) >= 11 is 0. The molecule has 0 unspecified atom stereocenters. The Kier molecular flexibility index (Phi) is 7.57. The van der Waals surface area contributed by atoms with Crippen molar-refractivity contribution in [3.8, 4) is 67.5 Å². The molecule has 268 valence electrons. The van der Waals surface area contributed by atoms with Crippen molar-refractivity contribution in [2.24, 2.45) is 0 Å². The molecule has 0 radical (unpaired) electrons. The lowest BCUT2D eigenvalue weighted by Gasteiger charge is -2.15. The van der Waals surface area contributed by atoms with E-state index >= 15 is 0 Å². The van der Waals surface area contributed by atoms with Gasteiger partial charge in [0.25, 0.3) is 0 Å². The Hall–Kier alpha value is -7.76. The minimum Gasteiger partial charge on any atom is -0.507 e. The Morgan fingerprint density at radius 1 is 0.474 bits per heavy atom. The summed E-state index contributed by atoms with van der Waals surface area (Å²) in [5.41, 5.74) is 13.1. The molecule has 0 atom stereocenters. The maximum Gasteiger partial charge on any atom is 0.149 e. The van der Waals surface area contributed by atoms with Crippen LogP contribution in [0.25, 0.3) is 105 Å². The van der Waals surface area contributed by atoms with Crippen molar-refractivity contribution in [1.82, 2.24) is 14.5 Å². The van der Waals surface area contributed by atoms with Gasteiger partial charge in [-0.3, -0.25) is 9.55 Å². The first-order valence-corrected chi connectivity index (χ1v) is 19.0. The lowest BCUT2D eigenvalue weighted by Crippen LogP contribution is -2.00. The summed E-state index contributed by atoms with van der Waals surface area (Å²) in [5.74, 6) is 0.821. The summed E-state index contributed by atoms with van der Waals surface area (Å²) in [6.07, 6.45) is 1.84. The van der Waals surface area contributed by atoms with Gasteiger partial charge in [-0.25, -0.2) is 4.98 Å². The van der Waals surface area contributed by atoms with E-state index in [0.29, 0.717) is 11.4 Å². The molecular weight excluding hydrogens is 699 g/mol. The van der Waals surface area contributed by atoms with Gasteiger partial charge in [-0.15, -0.1) is 0 Å². The van der Waals surface area contributed by atoms with Crippen LogP contribution in [0, 0.1) is 0 Å². The topological polar surface area (TPSA) is 64.1 Å². The fourth-order valence-electron chi connectivity index (χ4n) is 8.37. The number of rotatable bonds is 6. The molecule has 11 rings (SSSR count). The highest BCUT2D eigenvalue weighted by Crippen LogP contribution is 2.44. The third-order valence-electron chi connectivity index (χ3n) is 11.0. The van der Waals surface area contributed by atoms with Crippen LogP contribution in [0.1, 0.15) is 0 Å². The van der Waals surface area contributed by atoms with E-state index in [1.54, 1.807) is 6.07 Å². The van der Waals surface area contributed by atoms with Gasteiger partial charge in [0.2, 0.25) is 0 Å². The summed E-state index contributed by atoms with van der Waals surface area (Å²) in [7, 11) is 0. The van der Waals surface area contributed by atoms with Crippen LogP contribution in [0.5, 0.6) is 5.75 Å². The summed E-state index contributed by atoms with van der Waals surface area (Å²) < 4.78 is 8.67. The molecule has 11 aromatic rings. The second-order valence-electron chi connectivity index (χ2n) is 14.3. The van der Waals surface area contributed by atoms with Crippen LogP contribution in [0.3, 0.4) is 0 Å². The molecule has 8 aromatic carbocycles. The zero-order valence-electron chi connectivity index (χ0n) is 30.7. The van der Waals surface area contributed by atoms with Gasteiger partial charge in [0, 0.05) is 28.3 Å². The van der Waals surface area contributed by atoms with Crippen LogP contribution in [0.2, 0.25) is 0 Å². The zero-order valence-corrected chi connectivity index (χ0v) is 30.7. The molecule has 57 heavy (non-hydrogen) atoms. The maximum atomic E-state index is 11.3. The van der Waals surface area contributed by atoms with Crippen molar-refractivity contribution in [1.29, 1.82) is 0 Å². The Morgan fingerprint density at radius 3 is 1.98 bits per heavy atom. The molecule has 1 N–H and O–H groups in total. The number of phenolic OH excluding ortho intramolecular Hbond substituents is 1. The molecule has 0 spiro atoms. The molecule has 0 aliphatic heterocycles. The van der Waals surface area contributed by atoms with E-state index in [9.17, 15) is 5.11 Å². The van der Waals surface area contributed by atoms with Crippen molar-refractivity contribution in [2.45, 2.75) is 0 Å². The maximum absolute atomic E-state index is 11.3. The molecule has 0 saturated heterocycles. The molecule has 5 nitrogen and oxygen atoms in total. The van der Waals surface area contributed by atoms with Gasteiger partial charge in [-0.2, -0.15) is 0 Å². The second kappa shape index (κ2) is 13.2. The molecule has 5 heteroatoms.